The van der Waals surface area contributed by atoms with Crippen LogP contribution in [0, 0.1) is 0 Å². The number of hydrogen-bond acceptors (Lipinski definition) is 4. The Kier molecular flexibility index (Phi) is 5.60. The van der Waals surface area contributed by atoms with Gasteiger partial charge in [0, 0.05) is 38.8 Å². The molecule has 0 aromatic heterocycles. The van der Waals surface area contributed by atoms with E-state index < -0.39 is 0 Å². The van der Waals surface area contributed by atoms with E-state index in [-0.39, 0.29) is 5.91 Å². The van der Waals surface area contributed by atoms with Crippen molar-refractivity contribution in [3.8, 4) is 0 Å². The van der Waals surface area contributed by atoms with Crippen LogP contribution in [-0.2, 0) is 9.53 Å². The number of hydrogen-bond donors (Lipinski definition) is 1. The summed E-state index contributed by atoms with van der Waals surface area (Å²) in [4.78, 5) is 16.5. The molecule has 5 nitrogen and oxygen atoms in total. The summed E-state index contributed by atoms with van der Waals surface area (Å²) in [7, 11) is 0. The van der Waals surface area contributed by atoms with E-state index in [1.807, 2.05) is 11.8 Å². The summed E-state index contributed by atoms with van der Waals surface area (Å²) in [6.07, 6.45) is 4.33. The Hall–Kier alpha value is -0.650. The Morgan fingerprint density at radius 2 is 1.79 bits per heavy atom. The molecular weight excluding hydrogens is 242 g/mol. The molecule has 2 saturated heterocycles. The van der Waals surface area contributed by atoms with Gasteiger partial charge >= 0.3 is 0 Å². The lowest BCUT2D eigenvalue weighted by atomic mass is 10.1. The SMILES string of the molecule is CCOC1CCN(C(=O)CN2CCC(N)CC2)CC1. The summed E-state index contributed by atoms with van der Waals surface area (Å²) < 4.78 is 5.61. The molecule has 2 heterocycles. The number of amides is 1. The van der Waals surface area contributed by atoms with E-state index >= 15 is 0 Å². The number of nitrogens with zero attached hydrogens (tertiary/aromatic N) is 2. The van der Waals surface area contributed by atoms with Crippen LogP contribution in [0.2, 0.25) is 0 Å². The Balaban J connectivity index is 1.69. The van der Waals surface area contributed by atoms with Crippen LogP contribution in [0.15, 0.2) is 0 Å². The van der Waals surface area contributed by atoms with E-state index in [4.69, 9.17) is 10.5 Å². The topological polar surface area (TPSA) is 58.8 Å². The van der Waals surface area contributed by atoms with Gasteiger partial charge in [-0.25, -0.2) is 0 Å². The van der Waals surface area contributed by atoms with Crippen molar-refractivity contribution in [2.45, 2.75) is 44.8 Å². The third kappa shape index (κ3) is 4.44. The second-order valence-corrected chi connectivity index (χ2v) is 5.65. The zero-order valence-electron chi connectivity index (χ0n) is 12.0. The standard InChI is InChI=1S/C14H27N3O2/c1-2-19-13-5-9-17(10-6-13)14(18)11-16-7-3-12(15)4-8-16/h12-13H,2-11,15H2,1H3. The number of ether oxygens (including phenoxy) is 1. The minimum atomic E-state index is 0.269. The Morgan fingerprint density at radius 1 is 1.16 bits per heavy atom. The Morgan fingerprint density at radius 3 is 2.37 bits per heavy atom. The second-order valence-electron chi connectivity index (χ2n) is 5.65. The molecule has 2 aliphatic heterocycles. The highest BCUT2D eigenvalue weighted by Crippen LogP contribution is 2.15. The minimum Gasteiger partial charge on any atom is -0.378 e. The fraction of sp³-hybridized carbons (Fsp3) is 0.929. The molecule has 0 unspecified atom stereocenters. The van der Waals surface area contributed by atoms with Crippen LogP contribution >= 0.6 is 0 Å². The van der Waals surface area contributed by atoms with Crippen molar-refractivity contribution in [1.82, 2.24) is 9.80 Å². The second kappa shape index (κ2) is 7.22. The molecule has 0 aromatic rings. The van der Waals surface area contributed by atoms with Gasteiger partial charge in [0.1, 0.15) is 0 Å². The van der Waals surface area contributed by atoms with Gasteiger partial charge in [0.05, 0.1) is 12.6 Å². The summed E-state index contributed by atoms with van der Waals surface area (Å²) in [5.74, 6) is 0.269. The van der Waals surface area contributed by atoms with Crippen LogP contribution in [0.3, 0.4) is 0 Å². The monoisotopic (exact) mass is 269 g/mol. The summed E-state index contributed by atoms with van der Waals surface area (Å²) >= 11 is 0. The maximum Gasteiger partial charge on any atom is 0.236 e. The molecule has 2 rings (SSSR count). The van der Waals surface area contributed by atoms with Crippen LogP contribution in [0.5, 0.6) is 0 Å². The molecule has 0 atom stereocenters. The van der Waals surface area contributed by atoms with E-state index in [1.165, 1.54) is 0 Å². The first kappa shape index (κ1) is 14.8. The molecule has 2 N–H and O–H groups in total. The first-order valence-corrected chi connectivity index (χ1v) is 7.56. The lowest BCUT2D eigenvalue weighted by Crippen LogP contribution is -2.48. The van der Waals surface area contributed by atoms with Crippen molar-refractivity contribution in [2.75, 3.05) is 39.3 Å². The zero-order chi connectivity index (χ0) is 13.7. The fourth-order valence-corrected chi connectivity index (χ4v) is 2.91. The van der Waals surface area contributed by atoms with Crippen molar-refractivity contribution in [3.63, 3.8) is 0 Å². The molecule has 0 aromatic carbocycles. The fourth-order valence-electron chi connectivity index (χ4n) is 2.91. The third-order valence-corrected chi connectivity index (χ3v) is 4.19. The van der Waals surface area contributed by atoms with E-state index in [9.17, 15) is 4.79 Å². The Bertz CT molecular complexity index is 282. The maximum atomic E-state index is 12.2. The van der Waals surface area contributed by atoms with Crippen LogP contribution < -0.4 is 5.73 Å². The molecule has 2 aliphatic rings. The Labute approximate surface area is 116 Å². The van der Waals surface area contributed by atoms with Gasteiger partial charge in [-0.3, -0.25) is 9.69 Å². The van der Waals surface area contributed by atoms with E-state index in [2.05, 4.69) is 4.90 Å². The van der Waals surface area contributed by atoms with Crippen molar-refractivity contribution in [1.29, 1.82) is 0 Å². The van der Waals surface area contributed by atoms with Gasteiger partial charge in [-0.1, -0.05) is 0 Å². The van der Waals surface area contributed by atoms with Gasteiger partial charge in [0.15, 0.2) is 0 Å². The summed E-state index contributed by atoms with van der Waals surface area (Å²) in [5.41, 5.74) is 5.88. The number of carbonyl (C=O) groups is 1. The van der Waals surface area contributed by atoms with Crippen molar-refractivity contribution < 1.29 is 9.53 Å². The predicted octanol–water partition coefficient (Wildman–Crippen LogP) is 0.437. The molecule has 0 aliphatic carbocycles. The molecular formula is C14H27N3O2. The lowest BCUT2D eigenvalue weighted by molar-refractivity contribution is -0.135. The number of piperidine rings is 2. The third-order valence-electron chi connectivity index (χ3n) is 4.19. The zero-order valence-corrected chi connectivity index (χ0v) is 12.0. The lowest BCUT2D eigenvalue weighted by Gasteiger charge is -2.35. The highest BCUT2D eigenvalue weighted by molar-refractivity contribution is 5.78. The number of carbonyl (C=O) groups excluding carboxylic acids is 1. The molecule has 1 amide bonds. The highest BCUT2D eigenvalue weighted by Gasteiger charge is 2.25. The minimum absolute atomic E-state index is 0.269. The summed E-state index contributed by atoms with van der Waals surface area (Å²) in [5, 5.41) is 0. The largest absolute Gasteiger partial charge is 0.378 e. The van der Waals surface area contributed by atoms with E-state index in [0.717, 1.165) is 58.5 Å². The number of rotatable bonds is 4. The average molecular weight is 269 g/mol. The van der Waals surface area contributed by atoms with Crippen molar-refractivity contribution >= 4 is 5.91 Å². The first-order valence-electron chi connectivity index (χ1n) is 7.56. The quantitative estimate of drug-likeness (QED) is 0.804. The molecule has 0 saturated carbocycles. The molecule has 0 radical (unpaired) electrons. The van der Waals surface area contributed by atoms with Crippen LogP contribution in [0.4, 0.5) is 0 Å². The smallest absolute Gasteiger partial charge is 0.236 e. The molecule has 0 spiro atoms. The normalized spacial score (nSPS) is 23.8. The number of nitrogens with two attached hydrogens (primary N) is 1. The molecule has 19 heavy (non-hydrogen) atoms. The van der Waals surface area contributed by atoms with Gasteiger partial charge < -0.3 is 15.4 Å². The number of likely N-dealkylation sites (tertiary alicyclic amines) is 2. The molecule has 110 valence electrons. The van der Waals surface area contributed by atoms with Crippen LogP contribution in [-0.4, -0.2) is 67.2 Å². The summed E-state index contributed by atoms with van der Waals surface area (Å²) in [6, 6.07) is 0.327. The average Bonchev–Trinajstić information content (AvgIpc) is 2.42. The molecule has 0 bridgehead atoms. The van der Waals surface area contributed by atoms with Crippen molar-refractivity contribution in [3.05, 3.63) is 0 Å². The van der Waals surface area contributed by atoms with Gasteiger partial charge in [-0.2, -0.15) is 0 Å². The molecule has 2 fully saturated rings. The molecule has 5 heteroatoms. The maximum absolute atomic E-state index is 12.2. The van der Waals surface area contributed by atoms with Crippen LogP contribution in [0.1, 0.15) is 32.6 Å². The predicted molar refractivity (Wildman–Crippen MR) is 74.9 cm³/mol. The van der Waals surface area contributed by atoms with Gasteiger partial charge in [-0.05, 0) is 32.6 Å². The van der Waals surface area contributed by atoms with E-state index in [1.54, 1.807) is 0 Å². The highest BCUT2D eigenvalue weighted by atomic mass is 16.5. The van der Waals surface area contributed by atoms with Crippen LogP contribution in [0.25, 0.3) is 0 Å². The van der Waals surface area contributed by atoms with Gasteiger partial charge in [0.2, 0.25) is 5.91 Å². The van der Waals surface area contributed by atoms with Gasteiger partial charge in [0.25, 0.3) is 0 Å². The van der Waals surface area contributed by atoms with E-state index in [0.29, 0.717) is 18.7 Å². The first-order chi connectivity index (χ1) is 9.19. The van der Waals surface area contributed by atoms with Gasteiger partial charge in [-0.15, -0.1) is 0 Å². The van der Waals surface area contributed by atoms with Crippen molar-refractivity contribution in [2.24, 2.45) is 5.73 Å². The summed E-state index contributed by atoms with van der Waals surface area (Å²) in [6.45, 7) is 6.97.